The van der Waals surface area contributed by atoms with Crippen molar-refractivity contribution in [2.24, 2.45) is 0 Å². The first kappa shape index (κ1) is 23.9. The molecule has 0 aromatic heterocycles. The quantitative estimate of drug-likeness (QED) is 0.359. The number of hydrogen-bond donors (Lipinski definition) is 1. The number of nitrogens with zero attached hydrogens (tertiary/aromatic N) is 1. The van der Waals surface area contributed by atoms with Gasteiger partial charge in [-0.15, -0.1) is 0 Å². The third-order valence-electron chi connectivity index (χ3n) is 6.61. The number of fused-ring (bicyclic) bond motifs is 1. The van der Waals surface area contributed by atoms with Crippen molar-refractivity contribution in [3.63, 3.8) is 0 Å². The van der Waals surface area contributed by atoms with Crippen molar-refractivity contribution in [2.45, 2.75) is 57.5 Å². The molecule has 6 heteroatoms. The predicted molar refractivity (Wildman–Crippen MR) is 121 cm³/mol. The summed E-state index contributed by atoms with van der Waals surface area (Å²) in [4.78, 5) is 26.3. The standard InChI is InChI=1S/C26H32FNO4/c1-3-28(4-2)18-8-17-26(32-25(31)24(29)30)22-11-6-5-9-19(22)10-7-12-23(26)20-13-15-21(27)16-14-20/h5-6,9,11,13-16,23H,3-4,7-8,10,12,17-18H2,1-2H3,(H,29,30)/t23-,26+/m1/s1. The van der Waals surface area contributed by atoms with Gasteiger partial charge in [0, 0.05) is 5.92 Å². The van der Waals surface area contributed by atoms with Crippen LogP contribution < -0.4 is 0 Å². The lowest BCUT2D eigenvalue weighted by atomic mass is 9.73. The monoisotopic (exact) mass is 441 g/mol. The first-order valence-electron chi connectivity index (χ1n) is 11.4. The lowest BCUT2D eigenvalue weighted by Crippen LogP contribution is -2.41. The van der Waals surface area contributed by atoms with Gasteiger partial charge in [-0.25, -0.2) is 14.0 Å². The number of carbonyl (C=O) groups is 2. The maximum Gasteiger partial charge on any atom is 0.418 e. The number of halogens is 1. The highest BCUT2D eigenvalue weighted by Crippen LogP contribution is 2.50. The third kappa shape index (κ3) is 5.18. The number of aliphatic carboxylic acids is 1. The molecule has 0 fully saturated rings. The van der Waals surface area contributed by atoms with E-state index in [1.54, 1.807) is 12.1 Å². The normalized spacial score (nSPS) is 20.4. The number of hydrogen-bond acceptors (Lipinski definition) is 4. The molecule has 0 radical (unpaired) electrons. The molecule has 0 unspecified atom stereocenters. The van der Waals surface area contributed by atoms with Crippen LogP contribution in [0.1, 0.15) is 62.1 Å². The van der Waals surface area contributed by atoms with Crippen molar-refractivity contribution in [2.75, 3.05) is 19.6 Å². The van der Waals surface area contributed by atoms with Crippen LogP contribution in [0.25, 0.3) is 0 Å². The van der Waals surface area contributed by atoms with E-state index in [0.29, 0.717) is 12.8 Å². The van der Waals surface area contributed by atoms with Crippen molar-refractivity contribution in [3.05, 3.63) is 71.0 Å². The van der Waals surface area contributed by atoms with Crippen molar-refractivity contribution in [1.82, 2.24) is 4.90 Å². The molecule has 2 aromatic rings. The second kappa shape index (κ2) is 10.7. The van der Waals surface area contributed by atoms with E-state index in [9.17, 15) is 19.1 Å². The fourth-order valence-electron chi connectivity index (χ4n) is 5.00. The van der Waals surface area contributed by atoms with Gasteiger partial charge in [-0.05, 0) is 80.6 Å². The molecule has 1 aliphatic carbocycles. The molecule has 0 spiro atoms. The molecule has 32 heavy (non-hydrogen) atoms. The number of esters is 1. The maximum absolute atomic E-state index is 13.7. The van der Waals surface area contributed by atoms with E-state index in [1.165, 1.54) is 12.1 Å². The van der Waals surface area contributed by atoms with Crippen LogP contribution >= 0.6 is 0 Å². The zero-order valence-electron chi connectivity index (χ0n) is 18.9. The number of rotatable bonds is 8. The van der Waals surface area contributed by atoms with Gasteiger partial charge < -0.3 is 14.7 Å². The smallest absolute Gasteiger partial charge is 0.418 e. The molecule has 2 atom stereocenters. The van der Waals surface area contributed by atoms with E-state index < -0.39 is 17.5 Å². The minimum absolute atomic E-state index is 0.272. The summed E-state index contributed by atoms with van der Waals surface area (Å²) in [6.45, 7) is 6.85. The molecular formula is C26H32FNO4. The highest BCUT2D eigenvalue weighted by molar-refractivity contribution is 6.28. The van der Waals surface area contributed by atoms with Crippen LogP contribution in [-0.4, -0.2) is 41.6 Å². The Morgan fingerprint density at radius 1 is 1.12 bits per heavy atom. The molecular weight excluding hydrogens is 409 g/mol. The number of aryl methyl sites for hydroxylation is 1. The second-order valence-corrected chi connectivity index (χ2v) is 8.37. The van der Waals surface area contributed by atoms with Crippen LogP contribution in [0.5, 0.6) is 0 Å². The van der Waals surface area contributed by atoms with E-state index in [4.69, 9.17) is 4.74 Å². The summed E-state index contributed by atoms with van der Waals surface area (Å²) in [7, 11) is 0. The van der Waals surface area contributed by atoms with Gasteiger partial charge in [0.15, 0.2) is 0 Å². The van der Waals surface area contributed by atoms with Gasteiger partial charge in [-0.1, -0.05) is 50.2 Å². The lowest BCUT2D eigenvalue weighted by Gasteiger charge is -2.41. The van der Waals surface area contributed by atoms with Gasteiger partial charge in [0.25, 0.3) is 0 Å². The predicted octanol–water partition coefficient (Wildman–Crippen LogP) is 4.89. The maximum atomic E-state index is 13.7. The molecule has 0 amide bonds. The van der Waals surface area contributed by atoms with E-state index in [0.717, 1.165) is 55.6 Å². The average Bonchev–Trinajstić information content (AvgIpc) is 2.95. The van der Waals surface area contributed by atoms with Gasteiger partial charge in [-0.3, -0.25) is 0 Å². The molecule has 0 bridgehead atoms. The Balaban J connectivity index is 2.12. The minimum atomic E-state index is -1.60. The summed E-state index contributed by atoms with van der Waals surface area (Å²) in [5, 5.41) is 9.40. The number of carbonyl (C=O) groups excluding carboxylic acids is 1. The summed E-state index contributed by atoms with van der Waals surface area (Å²) >= 11 is 0. The van der Waals surface area contributed by atoms with E-state index >= 15 is 0 Å². The van der Waals surface area contributed by atoms with Gasteiger partial charge >= 0.3 is 11.9 Å². The number of benzene rings is 2. The van der Waals surface area contributed by atoms with Gasteiger partial charge in [0.1, 0.15) is 11.4 Å². The fourth-order valence-corrected chi connectivity index (χ4v) is 5.00. The van der Waals surface area contributed by atoms with Crippen LogP contribution in [0, 0.1) is 5.82 Å². The number of carboxylic acid groups (broad SMARTS) is 1. The first-order chi connectivity index (χ1) is 15.4. The summed E-state index contributed by atoms with van der Waals surface area (Å²) in [5.74, 6) is -3.46. The average molecular weight is 442 g/mol. The highest BCUT2D eigenvalue weighted by Gasteiger charge is 2.47. The summed E-state index contributed by atoms with van der Waals surface area (Å²) in [6, 6.07) is 14.1. The van der Waals surface area contributed by atoms with Gasteiger partial charge in [0.05, 0.1) is 0 Å². The molecule has 5 nitrogen and oxygen atoms in total. The zero-order valence-corrected chi connectivity index (χ0v) is 18.9. The Morgan fingerprint density at radius 3 is 2.47 bits per heavy atom. The molecule has 0 saturated carbocycles. The topological polar surface area (TPSA) is 66.8 Å². The largest absolute Gasteiger partial charge is 0.473 e. The van der Waals surface area contributed by atoms with Gasteiger partial charge in [0.2, 0.25) is 0 Å². The molecule has 172 valence electrons. The minimum Gasteiger partial charge on any atom is -0.473 e. The first-order valence-corrected chi connectivity index (χ1v) is 11.4. The van der Waals surface area contributed by atoms with Crippen LogP contribution in [0.15, 0.2) is 48.5 Å². The zero-order chi connectivity index (χ0) is 23.1. The summed E-state index contributed by atoms with van der Waals surface area (Å²) in [6.07, 6.45) is 3.61. The Kier molecular flexibility index (Phi) is 8.02. The summed E-state index contributed by atoms with van der Waals surface area (Å²) in [5.41, 5.74) is 1.65. The van der Waals surface area contributed by atoms with Crippen molar-refractivity contribution in [3.8, 4) is 0 Å². The Morgan fingerprint density at radius 2 is 1.81 bits per heavy atom. The highest BCUT2D eigenvalue weighted by atomic mass is 19.1. The molecule has 1 N–H and O–H groups in total. The van der Waals surface area contributed by atoms with Crippen LogP contribution in [-0.2, 0) is 26.3 Å². The van der Waals surface area contributed by atoms with Crippen LogP contribution in [0.4, 0.5) is 4.39 Å². The van der Waals surface area contributed by atoms with Crippen molar-refractivity contribution in [1.29, 1.82) is 0 Å². The lowest BCUT2D eigenvalue weighted by molar-refractivity contribution is -0.179. The van der Waals surface area contributed by atoms with Crippen molar-refractivity contribution < 1.29 is 23.8 Å². The van der Waals surface area contributed by atoms with E-state index in [2.05, 4.69) is 18.7 Å². The number of carboxylic acids is 1. The van der Waals surface area contributed by atoms with E-state index in [1.807, 2.05) is 24.3 Å². The number of ether oxygens (including phenoxy) is 1. The molecule has 0 saturated heterocycles. The van der Waals surface area contributed by atoms with E-state index in [-0.39, 0.29) is 11.7 Å². The molecule has 1 aliphatic rings. The third-order valence-corrected chi connectivity index (χ3v) is 6.61. The van der Waals surface area contributed by atoms with Crippen molar-refractivity contribution >= 4 is 11.9 Å². The fraction of sp³-hybridized carbons (Fsp3) is 0.462. The Labute approximate surface area is 189 Å². The molecule has 2 aromatic carbocycles. The van der Waals surface area contributed by atoms with Gasteiger partial charge in [-0.2, -0.15) is 0 Å². The van der Waals surface area contributed by atoms with Crippen LogP contribution in [0.3, 0.4) is 0 Å². The molecule has 0 heterocycles. The second-order valence-electron chi connectivity index (χ2n) is 8.37. The summed E-state index contributed by atoms with van der Waals surface area (Å²) < 4.78 is 19.6. The molecule has 3 rings (SSSR count). The van der Waals surface area contributed by atoms with Crippen LogP contribution in [0.2, 0.25) is 0 Å². The SMILES string of the molecule is CCN(CC)CCC[C@]1(OC(=O)C(=O)O)c2ccccc2CCC[C@@H]1c1ccc(F)cc1. The molecule has 0 aliphatic heterocycles. The Hall–Kier alpha value is -2.73. The Bertz CT molecular complexity index is 926.